The van der Waals surface area contributed by atoms with E-state index in [1.807, 2.05) is 0 Å². The molecule has 1 aromatic rings. The Hall–Kier alpha value is -0.830. The van der Waals surface area contributed by atoms with E-state index in [0.717, 1.165) is 11.7 Å². The van der Waals surface area contributed by atoms with Gasteiger partial charge in [0.05, 0.1) is 6.20 Å². The quantitative estimate of drug-likeness (QED) is 0.804. The summed E-state index contributed by atoms with van der Waals surface area (Å²) in [4.78, 5) is 8.27. The summed E-state index contributed by atoms with van der Waals surface area (Å²) in [7, 11) is 0. The maximum absolute atomic E-state index is 5.97. The molecule has 0 spiro atoms. The Morgan fingerprint density at radius 1 is 1.33 bits per heavy atom. The van der Waals surface area contributed by atoms with Crippen LogP contribution in [0.5, 0.6) is 0 Å². The standard InChI is InChI=1S/C11H16ClN3/c12-7-9-3-1-2-4-10(9)15-11-8-13-5-6-14-11/h5-6,8-10H,1-4,7H2,(H,14,15). The van der Waals surface area contributed by atoms with E-state index < -0.39 is 0 Å². The number of aromatic nitrogens is 2. The Kier molecular flexibility index (Phi) is 3.78. The molecule has 82 valence electrons. The molecule has 1 aliphatic carbocycles. The zero-order valence-corrected chi connectivity index (χ0v) is 9.45. The van der Waals surface area contributed by atoms with Gasteiger partial charge in [-0.2, -0.15) is 0 Å². The summed E-state index contributed by atoms with van der Waals surface area (Å²) in [5, 5.41) is 3.42. The van der Waals surface area contributed by atoms with E-state index in [1.54, 1.807) is 18.6 Å². The Morgan fingerprint density at radius 3 is 2.93 bits per heavy atom. The predicted octanol–water partition coefficient (Wildman–Crippen LogP) is 2.69. The fraction of sp³-hybridized carbons (Fsp3) is 0.636. The minimum atomic E-state index is 0.466. The Bertz CT molecular complexity index is 291. The van der Waals surface area contributed by atoms with E-state index in [4.69, 9.17) is 11.6 Å². The molecule has 0 aliphatic heterocycles. The van der Waals surface area contributed by atoms with Crippen molar-refractivity contribution in [1.29, 1.82) is 0 Å². The monoisotopic (exact) mass is 225 g/mol. The summed E-state index contributed by atoms with van der Waals surface area (Å²) in [6.07, 6.45) is 10.2. The first-order valence-electron chi connectivity index (χ1n) is 5.48. The van der Waals surface area contributed by atoms with Crippen LogP contribution in [-0.4, -0.2) is 21.9 Å². The molecule has 1 N–H and O–H groups in total. The fourth-order valence-corrected chi connectivity index (χ4v) is 2.52. The molecule has 15 heavy (non-hydrogen) atoms. The van der Waals surface area contributed by atoms with Crippen LogP contribution >= 0.6 is 11.6 Å². The first kappa shape index (κ1) is 10.7. The second-order valence-corrected chi connectivity index (χ2v) is 4.35. The van der Waals surface area contributed by atoms with Crippen LogP contribution in [0.1, 0.15) is 25.7 Å². The number of alkyl halides is 1. The summed E-state index contributed by atoms with van der Waals surface area (Å²) in [6.45, 7) is 0. The fourth-order valence-electron chi connectivity index (χ4n) is 2.15. The molecular formula is C11H16ClN3. The van der Waals surface area contributed by atoms with E-state index in [2.05, 4.69) is 15.3 Å². The highest BCUT2D eigenvalue weighted by atomic mass is 35.5. The highest BCUT2D eigenvalue weighted by Crippen LogP contribution is 2.27. The van der Waals surface area contributed by atoms with Gasteiger partial charge < -0.3 is 5.32 Å². The van der Waals surface area contributed by atoms with Gasteiger partial charge in [0.15, 0.2) is 0 Å². The van der Waals surface area contributed by atoms with Crippen molar-refractivity contribution in [3.63, 3.8) is 0 Å². The number of hydrogen-bond acceptors (Lipinski definition) is 3. The lowest BCUT2D eigenvalue weighted by Crippen LogP contribution is -2.33. The van der Waals surface area contributed by atoms with Gasteiger partial charge in [-0.05, 0) is 18.8 Å². The molecule has 1 aromatic heterocycles. The van der Waals surface area contributed by atoms with Crippen molar-refractivity contribution in [2.75, 3.05) is 11.2 Å². The van der Waals surface area contributed by atoms with Gasteiger partial charge in [-0.15, -0.1) is 11.6 Å². The summed E-state index contributed by atoms with van der Waals surface area (Å²) in [5.41, 5.74) is 0. The molecule has 2 rings (SSSR count). The van der Waals surface area contributed by atoms with Crippen LogP contribution in [0.25, 0.3) is 0 Å². The van der Waals surface area contributed by atoms with Gasteiger partial charge in [-0.25, -0.2) is 4.98 Å². The first-order valence-corrected chi connectivity index (χ1v) is 6.02. The second kappa shape index (κ2) is 5.31. The van der Waals surface area contributed by atoms with Crippen LogP contribution in [0, 0.1) is 5.92 Å². The molecule has 0 aromatic carbocycles. The normalized spacial score (nSPS) is 26.2. The lowest BCUT2D eigenvalue weighted by molar-refractivity contribution is 0.352. The number of nitrogens with zero attached hydrogens (tertiary/aromatic N) is 2. The van der Waals surface area contributed by atoms with Crippen molar-refractivity contribution in [1.82, 2.24) is 9.97 Å². The maximum Gasteiger partial charge on any atom is 0.144 e. The van der Waals surface area contributed by atoms with Crippen molar-refractivity contribution in [3.8, 4) is 0 Å². The number of halogens is 1. The van der Waals surface area contributed by atoms with Gasteiger partial charge >= 0.3 is 0 Å². The minimum Gasteiger partial charge on any atom is -0.366 e. The van der Waals surface area contributed by atoms with Crippen LogP contribution in [0.3, 0.4) is 0 Å². The number of nitrogens with one attached hydrogen (secondary N) is 1. The minimum absolute atomic E-state index is 0.466. The third-order valence-corrected chi connectivity index (χ3v) is 3.40. The Labute approximate surface area is 95.3 Å². The number of anilines is 1. The second-order valence-electron chi connectivity index (χ2n) is 4.04. The molecule has 0 saturated heterocycles. The average Bonchev–Trinajstić information content (AvgIpc) is 2.31. The van der Waals surface area contributed by atoms with Gasteiger partial charge in [0.2, 0.25) is 0 Å². The highest BCUT2D eigenvalue weighted by Gasteiger charge is 2.24. The molecule has 1 heterocycles. The van der Waals surface area contributed by atoms with E-state index >= 15 is 0 Å². The average molecular weight is 226 g/mol. The topological polar surface area (TPSA) is 37.8 Å². The Morgan fingerprint density at radius 2 is 2.20 bits per heavy atom. The van der Waals surface area contributed by atoms with Crippen molar-refractivity contribution in [2.45, 2.75) is 31.7 Å². The molecule has 2 unspecified atom stereocenters. The lowest BCUT2D eigenvalue weighted by Gasteiger charge is -2.31. The van der Waals surface area contributed by atoms with Crippen molar-refractivity contribution < 1.29 is 0 Å². The van der Waals surface area contributed by atoms with Crippen molar-refractivity contribution in [2.24, 2.45) is 5.92 Å². The third kappa shape index (κ3) is 2.81. The predicted molar refractivity (Wildman–Crippen MR) is 62.1 cm³/mol. The smallest absolute Gasteiger partial charge is 0.144 e. The van der Waals surface area contributed by atoms with Gasteiger partial charge in [0.1, 0.15) is 5.82 Å². The SMILES string of the molecule is ClCC1CCCCC1Nc1cnccn1. The molecule has 4 heteroatoms. The summed E-state index contributed by atoms with van der Waals surface area (Å²) >= 11 is 5.97. The lowest BCUT2D eigenvalue weighted by atomic mass is 9.86. The number of hydrogen-bond donors (Lipinski definition) is 1. The zero-order valence-electron chi connectivity index (χ0n) is 8.69. The van der Waals surface area contributed by atoms with Crippen LogP contribution in [-0.2, 0) is 0 Å². The van der Waals surface area contributed by atoms with E-state index in [9.17, 15) is 0 Å². The van der Waals surface area contributed by atoms with Crippen LogP contribution in [0.4, 0.5) is 5.82 Å². The van der Waals surface area contributed by atoms with E-state index in [0.29, 0.717) is 12.0 Å². The van der Waals surface area contributed by atoms with Crippen molar-refractivity contribution in [3.05, 3.63) is 18.6 Å². The third-order valence-electron chi connectivity index (χ3n) is 3.00. The highest BCUT2D eigenvalue weighted by molar-refractivity contribution is 6.18. The van der Waals surface area contributed by atoms with Crippen LogP contribution in [0.2, 0.25) is 0 Å². The molecule has 0 bridgehead atoms. The molecular weight excluding hydrogens is 210 g/mol. The van der Waals surface area contributed by atoms with Crippen molar-refractivity contribution >= 4 is 17.4 Å². The van der Waals surface area contributed by atoms with E-state index in [-0.39, 0.29) is 0 Å². The summed E-state index contributed by atoms with van der Waals surface area (Å²) < 4.78 is 0. The summed E-state index contributed by atoms with van der Waals surface area (Å²) in [5.74, 6) is 2.17. The molecule has 2 atom stereocenters. The Balaban J connectivity index is 1.97. The molecule has 1 aliphatic rings. The van der Waals surface area contributed by atoms with Gasteiger partial charge in [-0.1, -0.05) is 12.8 Å². The molecule has 3 nitrogen and oxygen atoms in total. The molecule has 1 saturated carbocycles. The van der Waals surface area contributed by atoms with E-state index in [1.165, 1.54) is 25.7 Å². The van der Waals surface area contributed by atoms with Gasteiger partial charge in [-0.3, -0.25) is 4.98 Å². The molecule has 1 fully saturated rings. The zero-order chi connectivity index (χ0) is 10.5. The number of rotatable bonds is 3. The largest absolute Gasteiger partial charge is 0.366 e. The maximum atomic E-state index is 5.97. The van der Waals surface area contributed by atoms with Crippen LogP contribution in [0.15, 0.2) is 18.6 Å². The molecule has 0 radical (unpaired) electrons. The van der Waals surface area contributed by atoms with Gasteiger partial charge in [0.25, 0.3) is 0 Å². The summed E-state index contributed by atoms with van der Waals surface area (Å²) in [6, 6.07) is 0.466. The van der Waals surface area contributed by atoms with Crippen LogP contribution < -0.4 is 5.32 Å². The van der Waals surface area contributed by atoms with Gasteiger partial charge in [0, 0.05) is 24.3 Å². The first-order chi connectivity index (χ1) is 7.40. The molecule has 0 amide bonds.